The molecule has 3 heterocycles. The summed E-state index contributed by atoms with van der Waals surface area (Å²) in [4.78, 5) is 26.1. The molecule has 1 saturated heterocycles. The first-order valence-electron chi connectivity index (χ1n) is 6.25. The fourth-order valence-corrected chi connectivity index (χ4v) is 4.40. The summed E-state index contributed by atoms with van der Waals surface area (Å²) in [5.74, 6) is -2.01. The van der Waals surface area contributed by atoms with Gasteiger partial charge in [-0.05, 0) is 36.7 Å². The largest absolute Gasteiger partial charge is 0.477 e. The first-order valence-corrected chi connectivity index (χ1v) is 7.90. The SMILES string of the molecule is CC(O)[C@H]1C(=O)N2C(C(=O)O)=C(/C=C/c3ccns3)S[C@H]12. The number of hydrogen-bond donors (Lipinski definition) is 2. The van der Waals surface area contributed by atoms with Gasteiger partial charge in [0.05, 0.1) is 12.0 Å². The van der Waals surface area contributed by atoms with E-state index in [4.69, 9.17) is 0 Å². The van der Waals surface area contributed by atoms with Crippen molar-refractivity contribution >= 4 is 41.2 Å². The van der Waals surface area contributed by atoms with E-state index in [1.807, 2.05) is 6.07 Å². The number of β-lactam (4-membered cyclic amide) rings is 1. The molecule has 1 aromatic heterocycles. The third-order valence-electron chi connectivity index (χ3n) is 3.39. The van der Waals surface area contributed by atoms with Gasteiger partial charge in [0.2, 0.25) is 5.91 Å². The van der Waals surface area contributed by atoms with Gasteiger partial charge in [-0.2, -0.15) is 0 Å². The average molecular weight is 324 g/mol. The highest BCUT2D eigenvalue weighted by molar-refractivity contribution is 8.04. The minimum atomic E-state index is -1.13. The van der Waals surface area contributed by atoms with E-state index in [1.165, 1.54) is 28.2 Å². The second-order valence-corrected chi connectivity index (χ2v) is 6.77. The monoisotopic (exact) mass is 324 g/mol. The smallest absolute Gasteiger partial charge is 0.353 e. The molecule has 0 bridgehead atoms. The van der Waals surface area contributed by atoms with Gasteiger partial charge in [-0.15, -0.1) is 0 Å². The van der Waals surface area contributed by atoms with Gasteiger partial charge >= 0.3 is 5.97 Å². The van der Waals surface area contributed by atoms with Crippen molar-refractivity contribution in [2.45, 2.75) is 18.4 Å². The Morgan fingerprint density at radius 1 is 1.52 bits per heavy atom. The van der Waals surface area contributed by atoms with Gasteiger partial charge in [0.15, 0.2) is 0 Å². The molecular weight excluding hydrogens is 312 g/mol. The van der Waals surface area contributed by atoms with E-state index in [0.717, 1.165) is 4.88 Å². The molecule has 6 nitrogen and oxygen atoms in total. The Morgan fingerprint density at radius 3 is 2.86 bits per heavy atom. The first-order chi connectivity index (χ1) is 10.0. The average Bonchev–Trinajstić information content (AvgIpc) is 3.01. The van der Waals surface area contributed by atoms with E-state index in [9.17, 15) is 19.8 Å². The molecule has 0 radical (unpaired) electrons. The number of carbonyl (C=O) groups is 2. The van der Waals surface area contributed by atoms with Crippen molar-refractivity contribution in [1.82, 2.24) is 9.27 Å². The molecule has 8 heteroatoms. The van der Waals surface area contributed by atoms with E-state index in [-0.39, 0.29) is 17.0 Å². The van der Waals surface area contributed by atoms with Crippen molar-refractivity contribution in [2.75, 3.05) is 0 Å². The molecule has 0 spiro atoms. The number of amides is 1. The molecular formula is C13H12N2O4S2. The van der Waals surface area contributed by atoms with Crippen LogP contribution in [-0.4, -0.2) is 42.8 Å². The summed E-state index contributed by atoms with van der Waals surface area (Å²) in [7, 11) is 0. The van der Waals surface area contributed by atoms with Crippen LogP contribution >= 0.6 is 23.3 Å². The molecule has 21 heavy (non-hydrogen) atoms. The number of hydrogen-bond acceptors (Lipinski definition) is 6. The zero-order valence-corrected chi connectivity index (χ0v) is 12.6. The van der Waals surface area contributed by atoms with Crippen LogP contribution in [0, 0.1) is 5.92 Å². The lowest BCUT2D eigenvalue weighted by atomic mass is 9.92. The van der Waals surface area contributed by atoms with Crippen LogP contribution in [0.3, 0.4) is 0 Å². The topological polar surface area (TPSA) is 90.7 Å². The summed E-state index contributed by atoms with van der Waals surface area (Å²) in [5, 5.41) is 18.6. The maximum Gasteiger partial charge on any atom is 0.353 e. The number of carboxylic acids is 1. The zero-order valence-electron chi connectivity index (χ0n) is 11.0. The second-order valence-electron chi connectivity index (χ2n) is 4.75. The van der Waals surface area contributed by atoms with Crippen LogP contribution in [0.5, 0.6) is 0 Å². The van der Waals surface area contributed by atoms with Crippen LogP contribution in [0.1, 0.15) is 11.8 Å². The van der Waals surface area contributed by atoms with Gasteiger partial charge in [-0.1, -0.05) is 11.8 Å². The Labute approximate surface area is 128 Å². The minimum Gasteiger partial charge on any atom is -0.477 e. The Balaban J connectivity index is 1.89. The van der Waals surface area contributed by atoms with Gasteiger partial charge in [-0.25, -0.2) is 9.17 Å². The van der Waals surface area contributed by atoms with E-state index in [2.05, 4.69) is 4.37 Å². The third kappa shape index (κ3) is 2.29. The van der Waals surface area contributed by atoms with E-state index < -0.39 is 18.0 Å². The van der Waals surface area contributed by atoms with E-state index in [1.54, 1.807) is 25.3 Å². The van der Waals surface area contributed by atoms with Crippen molar-refractivity contribution in [3.05, 3.63) is 33.8 Å². The normalized spacial score (nSPS) is 26.2. The van der Waals surface area contributed by atoms with E-state index >= 15 is 0 Å². The number of rotatable bonds is 4. The molecule has 110 valence electrons. The maximum atomic E-state index is 12.0. The van der Waals surface area contributed by atoms with E-state index in [0.29, 0.717) is 4.91 Å². The lowest BCUT2D eigenvalue weighted by Crippen LogP contribution is -2.60. The van der Waals surface area contributed by atoms with Crippen LogP contribution in [0.15, 0.2) is 28.9 Å². The van der Waals surface area contributed by atoms with Crippen LogP contribution in [0.4, 0.5) is 0 Å². The summed E-state index contributed by atoms with van der Waals surface area (Å²) in [5.41, 5.74) is -0.00679. The number of carbonyl (C=O) groups excluding carboxylic acids is 1. The Kier molecular flexibility index (Phi) is 3.60. The summed E-state index contributed by atoms with van der Waals surface area (Å²) >= 11 is 2.60. The highest BCUT2D eigenvalue weighted by Crippen LogP contribution is 2.50. The molecule has 1 amide bonds. The highest BCUT2D eigenvalue weighted by atomic mass is 32.2. The number of nitrogens with zero attached hydrogens (tertiary/aromatic N) is 2. The summed E-state index contributed by atoms with van der Waals surface area (Å²) in [6.45, 7) is 1.55. The number of thioether (sulfide) groups is 1. The molecule has 1 unspecified atom stereocenters. The predicted molar refractivity (Wildman–Crippen MR) is 79.2 cm³/mol. The Morgan fingerprint density at radius 2 is 2.29 bits per heavy atom. The molecule has 1 aromatic rings. The zero-order chi connectivity index (χ0) is 15.1. The molecule has 1 fully saturated rings. The van der Waals surface area contributed by atoms with Crippen LogP contribution in [0.2, 0.25) is 0 Å². The number of fused-ring (bicyclic) bond motifs is 1. The molecule has 0 aromatic carbocycles. The molecule has 2 aliphatic heterocycles. The van der Waals surface area contributed by atoms with Gasteiger partial charge in [0.25, 0.3) is 0 Å². The highest BCUT2D eigenvalue weighted by Gasteiger charge is 2.57. The van der Waals surface area contributed by atoms with Crippen molar-refractivity contribution in [1.29, 1.82) is 0 Å². The lowest BCUT2D eigenvalue weighted by molar-refractivity contribution is -0.156. The number of carboxylic acid groups (broad SMARTS) is 1. The molecule has 3 rings (SSSR count). The van der Waals surface area contributed by atoms with Gasteiger partial charge in [-0.3, -0.25) is 9.69 Å². The lowest BCUT2D eigenvalue weighted by Gasteiger charge is -2.43. The molecule has 2 N–H and O–H groups in total. The number of allylic oxidation sites excluding steroid dienone is 1. The van der Waals surface area contributed by atoms with Crippen LogP contribution < -0.4 is 0 Å². The maximum absolute atomic E-state index is 12.0. The summed E-state index contributed by atoms with van der Waals surface area (Å²) in [6, 6.07) is 1.82. The molecule has 0 saturated carbocycles. The quantitative estimate of drug-likeness (QED) is 0.813. The van der Waals surface area contributed by atoms with Crippen LogP contribution in [0.25, 0.3) is 6.08 Å². The Bertz CT molecular complexity index is 651. The predicted octanol–water partition coefficient (Wildman–Crippen LogP) is 1.36. The molecule has 0 aliphatic carbocycles. The summed E-state index contributed by atoms with van der Waals surface area (Å²) < 4.78 is 3.96. The van der Waals surface area contributed by atoms with Gasteiger partial charge in [0.1, 0.15) is 11.1 Å². The number of aliphatic hydroxyl groups is 1. The molecule has 3 atom stereocenters. The Hall–Kier alpha value is -1.64. The second kappa shape index (κ2) is 5.28. The van der Waals surface area contributed by atoms with Crippen molar-refractivity contribution < 1.29 is 19.8 Å². The third-order valence-corrected chi connectivity index (χ3v) is 5.42. The number of aromatic nitrogens is 1. The first kappa shape index (κ1) is 14.3. The van der Waals surface area contributed by atoms with Gasteiger partial charge in [0, 0.05) is 16.0 Å². The fraction of sp³-hybridized carbons (Fsp3) is 0.308. The van der Waals surface area contributed by atoms with Crippen molar-refractivity contribution in [3.8, 4) is 0 Å². The molecule has 2 aliphatic rings. The number of aliphatic carboxylic acids is 1. The fourth-order valence-electron chi connectivity index (χ4n) is 2.40. The standard InChI is InChI=1S/C13H12N2O4S2/c1-6(16)9-11(17)15-10(13(18)19)8(20-12(9)15)3-2-7-4-5-14-21-7/h2-6,9,12,16H,1H3,(H,18,19)/b3-2+/t6?,9-,12+/m0/s1. The van der Waals surface area contributed by atoms with Crippen molar-refractivity contribution in [3.63, 3.8) is 0 Å². The van der Waals surface area contributed by atoms with Gasteiger partial charge < -0.3 is 10.2 Å². The number of aliphatic hydroxyl groups excluding tert-OH is 1. The summed E-state index contributed by atoms with van der Waals surface area (Å²) in [6.07, 6.45) is 4.34. The minimum absolute atomic E-state index is 0.00679. The van der Waals surface area contributed by atoms with Crippen LogP contribution in [-0.2, 0) is 9.59 Å². The van der Waals surface area contributed by atoms with Crippen molar-refractivity contribution in [2.24, 2.45) is 5.92 Å².